The molecule has 10 aliphatic rings. The van der Waals surface area contributed by atoms with E-state index in [4.69, 9.17) is 0 Å². The first-order valence-corrected chi connectivity index (χ1v) is 11.6. The maximum Gasteiger partial charge on any atom is -0.00149 e. The third-order valence-electron chi connectivity index (χ3n) is 10.8. The SMILES string of the molecule is C1CC2CCC1C[C@]21C2=C(C3CCC2CC3)C2C3CCC(CC3)C21. The average Bonchev–Trinajstić information content (AvgIpc) is 3.00. The summed E-state index contributed by atoms with van der Waals surface area (Å²) in [6, 6.07) is 0. The maximum absolute atomic E-state index is 2.20. The Morgan fingerprint density at radius 3 is 1.96 bits per heavy atom. The van der Waals surface area contributed by atoms with Crippen LogP contribution in [0.15, 0.2) is 11.1 Å². The molecule has 130 valence electrons. The highest BCUT2D eigenvalue weighted by molar-refractivity contribution is 5.44. The molecule has 0 amide bonds. The van der Waals surface area contributed by atoms with Gasteiger partial charge in [0.05, 0.1) is 0 Å². The molecule has 0 aliphatic heterocycles. The van der Waals surface area contributed by atoms with Gasteiger partial charge in [-0.25, -0.2) is 0 Å². The van der Waals surface area contributed by atoms with Crippen molar-refractivity contribution in [2.45, 2.75) is 83.5 Å². The predicted octanol–water partition coefficient (Wildman–Crippen LogP) is 6.37. The Balaban J connectivity index is 1.47. The smallest absolute Gasteiger partial charge is 0.00149 e. The summed E-state index contributed by atoms with van der Waals surface area (Å²) in [5, 5.41) is 0. The molecule has 1 spiro atoms. The second-order valence-corrected chi connectivity index (χ2v) is 11.1. The van der Waals surface area contributed by atoms with Gasteiger partial charge in [0.25, 0.3) is 0 Å². The Morgan fingerprint density at radius 1 is 0.625 bits per heavy atom. The zero-order chi connectivity index (χ0) is 15.5. The van der Waals surface area contributed by atoms with Crippen LogP contribution in [0.4, 0.5) is 0 Å². The Bertz CT molecular complexity index is 590. The summed E-state index contributed by atoms with van der Waals surface area (Å²) < 4.78 is 0. The highest BCUT2D eigenvalue weighted by Gasteiger charge is 2.67. The van der Waals surface area contributed by atoms with E-state index < -0.39 is 0 Å². The number of fused-ring (bicyclic) bond motifs is 6. The summed E-state index contributed by atoms with van der Waals surface area (Å²) in [7, 11) is 0. The average molecular weight is 323 g/mol. The van der Waals surface area contributed by atoms with E-state index in [2.05, 4.69) is 11.1 Å². The van der Waals surface area contributed by atoms with Gasteiger partial charge in [0.15, 0.2) is 0 Å². The second-order valence-electron chi connectivity index (χ2n) is 11.1. The normalized spacial score (nSPS) is 60.0. The van der Waals surface area contributed by atoms with Crippen LogP contribution in [-0.2, 0) is 0 Å². The van der Waals surface area contributed by atoms with Crippen LogP contribution in [0.2, 0.25) is 0 Å². The van der Waals surface area contributed by atoms with Crippen molar-refractivity contribution in [2.24, 2.45) is 52.8 Å². The minimum Gasteiger partial charge on any atom is -0.0633 e. The van der Waals surface area contributed by atoms with E-state index in [-0.39, 0.29) is 0 Å². The van der Waals surface area contributed by atoms with Gasteiger partial charge in [0.1, 0.15) is 0 Å². The molecule has 0 N–H and O–H groups in total. The highest BCUT2D eigenvalue weighted by Crippen LogP contribution is 2.76. The van der Waals surface area contributed by atoms with Crippen molar-refractivity contribution < 1.29 is 0 Å². The first-order chi connectivity index (χ1) is 11.9. The molecule has 0 aromatic heterocycles. The van der Waals surface area contributed by atoms with Gasteiger partial charge in [-0.05, 0) is 123 Å². The molecule has 10 rings (SSSR count). The van der Waals surface area contributed by atoms with E-state index in [9.17, 15) is 0 Å². The van der Waals surface area contributed by atoms with E-state index in [1.165, 1.54) is 0 Å². The van der Waals surface area contributed by atoms with Crippen molar-refractivity contribution in [2.75, 3.05) is 0 Å². The van der Waals surface area contributed by atoms with Gasteiger partial charge in [-0.2, -0.15) is 0 Å². The summed E-state index contributed by atoms with van der Waals surface area (Å²) in [5.74, 6) is 8.81. The largest absolute Gasteiger partial charge is 0.0633 e. The van der Waals surface area contributed by atoms with E-state index in [1.54, 1.807) is 83.5 Å². The number of allylic oxidation sites excluding steroid dienone is 2. The minimum absolute atomic E-state index is 0.759. The van der Waals surface area contributed by atoms with Crippen LogP contribution in [0.25, 0.3) is 0 Å². The summed E-state index contributed by atoms with van der Waals surface area (Å²) in [5.41, 5.74) is 5.13. The lowest BCUT2D eigenvalue weighted by molar-refractivity contribution is -0.0899. The lowest BCUT2D eigenvalue weighted by Crippen LogP contribution is -2.53. The molecule has 0 radical (unpaired) electrons. The van der Waals surface area contributed by atoms with E-state index in [0.29, 0.717) is 0 Å². The van der Waals surface area contributed by atoms with Crippen molar-refractivity contribution in [3.63, 3.8) is 0 Å². The van der Waals surface area contributed by atoms with Crippen LogP contribution in [0.1, 0.15) is 83.5 Å². The molecule has 6 bridgehead atoms. The fraction of sp³-hybridized carbons (Fsp3) is 0.917. The van der Waals surface area contributed by atoms with Gasteiger partial charge < -0.3 is 0 Å². The zero-order valence-electron chi connectivity index (χ0n) is 15.3. The van der Waals surface area contributed by atoms with Crippen molar-refractivity contribution in [3.05, 3.63) is 11.1 Å². The van der Waals surface area contributed by atoms with E-state index in [1.807, 2.05) is 0 Å². The summed E-state index contributed by atoms with van der Waals surface area (Å²) in [6.45, 7) is 0. The molecular weight excluding hydrogens is 288 g/mol. The quantitative estimate of drug-likeness (QED) is 0.455. The van der Waals surface area contributed by atoms with Crippen LogP contribution >= 0.6 is 0 Å². The van der Waals surface area contributed by atoms with Crippen molar-refractivity contribution in [1.82, 2.24) is 0 Å². The molecule has 24 heavy (non-hydrogen) atoms. The van der Waals surface area contributed by atoms with Gasteiger partial charge in [-0.1, -0.05) is 24.0 Å². The molecule has 0 saturated heterocycles. The molecule has 2 unspecified atom stereocenters. The molecule has 0 nitrogen and oxygen atoms in total. The molecular formula is C24H34. The summed E-state index contributed by atoms with van der Waals surface area (Å²) in [6.07, 6.45) is 20.8. The van der Waals surface area contributed by atoms with Crippen LogP contribution in [0.3, 0.4) is 0 Å². The fourth-order valence-corrected chi connectivity index (χ4v) is 10.3. The molecule has 0 aromatic rings. The van der Waals surface area contributed by atoms with Gasteiger partial charge in [0.2, 0.25) is 0 Å². The monoisotopic (exact) mass is 322 g/mol. The van der Waals surface area contributed by atoms with Crippen LogP contribution < -0.4 is 0 Å². The second kappa shape index (κ2) is 4.52. The zero-order valence-corrected chi connectivity index (χ0v) is 15.3. The summed E-state index contributed by atoms with van der Waals surface area (Å²) in [4.78, 5) is 0. The Kier molecular flexibility index (Phi) is 2.62. The third-order valence-corrected chi connectivity index (χ3v) is 10.8. The predicted molar refractivity (Wildman–Crippen MR) is 97.4 cm³/mol. The Labute approximate surface area is 147 Å². The van der Waals surface area contributed by atoms with Crippen LogP contribution in [-0.4, -0.2) is 0 Å². The first kappa shape index (κ1) is 13.9. The maximum atomic E-state index is 2.20. The van der Waals surface area contributed by atoms with E-state index >= 15 is 0 Å². The number of hydrogen-bond donors (Lipinski definition) is 0. The molecule has 7 saturated carbocycles. The van der Waals surface area contributed by atoms with Gasteiger partial charge in [-0.15, -0.1) is 0 Å². The van der Waals surface area contributed by atoms with Crippen molar-refractivity contribution >= 4 is 0 Å². The summed E-state index contributed by atoms with van der Waals surface area (Å²) >= 11 is 0. The molecule has 0 heterocycles. The van der Waals surface area contributed by atoms with Crippen molar-refractivity contribution in [1.29, 1.82) is 0 Å². The molecule has 3 atom stereocenters. The molecule has 7 fully saturated rings. The van der Waals surface area contributed by atoms with E-state index in [0.717, 1.165) is 52.8 Å². The van der Waals surface area contributed by atoms with Crippen molar-refractivity contribution in [3.8, 4) is 0 Å². The topological polar surface area (TPSA) is 0 Å². The lowest BCUT2D eigenvalue weighted by Gasteiger charge is -2.61. The Morgan fingerprint density at radius 2 is 1.29 bits per heavy atom. The van der Waals surface area contributed by atoms with Crippen LogP contribution in [0, 0.1) is 52.8 Å². The molecule has 0 heteroatoms. The fourth-order valence-electron chi connectivity index (χ4n) is 10.3. The first-order valence-electron chi connectivity index (χ1n) is 11.6. The van der Waals surface area contributed by atoms with Gasteiger partial charge >= 0.3 is 0 Å². The molecule has 0 aromatic carbocycles. The van der Waals surface area contributed by atoms with Gasteiger partial charge in [0, 0.05) is 0 Å². The Hall–Kier alpha value is -0.260. The highest BCUT2D eigenvalue weighted by atomic mass is 14.7. The third kappa shape index (κ3) is 1.43. The standard InChI is InChI=1S/C24H34/c1-11-19-12-2-14(1)13-24(19)22-17-7-3-15(4-8-17)20(22)21-16-5-9-18(10-6-16)23(21)24/h14-20,22H,1-13H2/t14?,15?,16?,17?,18?,19?,20?,22?,24-/m0/s1. The minimum atomic E-state index is 0.759. The number of hydrogen-bond acceptors (Lipinski definition) is 0. The molecule has 10 aliphatic carbocycles. The van der Waals surface area contributed by atoms with Gasteiger partial charge in [-0.3, -0.25) is 0 Å². The lowest BCUT2D eigenvalue weighted by atomic mass is 9.43. The van der Waals surface area contributed by atoms with Crippen LogP contribution in [0.5, 0.6) is 0 Å². The number of rotatable bonds is 0.